The van der Waals surface area contributed by atoms with Gasteiger partial charge in [-0.15, -0.1) is 0 Å². The highest BCUT2D eigenvalue weighted by Gasteiger charge is 2.24. The molecule has 29 heavy (non-hydrogen) atoms. The maximum absolute atomic E-state index is 5.59. The molecular formula is C24H30N2O3. The number of piperidine rings is 1. The van der Waals surface area contributed by atoms with Crippen molar-refractivity contribution in [1.29, 1.82) is 0 Å². The largest absolute Gasteiger partial charge is 0.493 e. The number of nitrogens with zero attached hydrogens (tertiary/aromatic N) is 2. The van der Waals surface area contributed by atoms with Gasteiger partial charge in [0.25, 0.3) is 0 Å². The van der Waals surface area contributed by atoms with E-state index in [4.69, 9.17) is 14.0 Å². The van der Waals surface area contributed by atoms with Crippen LogP contribution in [0.1, 0.15) is 43.5 Å². The van der Waals surface area contributed by atoms with E-state index in [1.807, 2.05) is 12.1 Å². The van der Waals surface area contributed by atoms with Crippen molar-refractivity contribution in [2.75, 3.05) is 27.3 Å². The number of benzene rings is 2. The van der Waals surface area contributed by atoms with Crippen LogP contribution in [0, 0.1) is 5.92 Å². The fraction of sp³-hybridized carbons (Fsp3) is 0.458. The van der Waals surface area contributed by atoms with Crippen LogP contribution in [0.3, 0.4) is 0 Å². The SMILES string of the molecule is COc1ccc2c(CCC3CCN(C(C)c4ccccc4)CC3)noc2c1OC. The van der Waals surface area contributed by atoms with Crippen molar-refractivity contribution in [3.63, 3.8) is 0 Å². The fourth-order valence-electron chi connectivity index (χ4n) is 4.46. The van der Waals surface area contributed by atoms with Gasteiger partial charge in [-0.2, -0.15) is 0 Å². The van der Waals surface area contributed by atoms with Crippen LogP contribution < -0.4 is 9.47 Å². The quantitative estimate of drug-likeness (QED) is 0.548. The monoisotopic (exact) mass is 394 g/mol. The van der Waals surface area contributed by atoms with Gasteiger partial charge in [0.2, 0.25) is 11.3 Å². The Labute approximate surface area is 172 Å². The maximum atomic E-state index is 5.59. The Hall–Kier alpha value is -2.53. The Bertz CT molecular complexity index is 930. The van der Waals surface area contributed by atoms with Crippen molar-refractivity contribution >= 4 is 11.0 Å². The summed E-state index contributed by atoms with van der Waals surface area (Å²) in [6, 6.07) is 15.2. The molecule has 0 N–H and O–H groups in total. The Kier molecular flexibility index (Phi) is 6.05. The third-order valence-corrected chi connectivity index (χ3v) is 6.33. The van der Waals surface area contributed by atoms with E-state index in [0.717, 1.165) is 42.9 Å². The minimum Gasteiger partial charge on any atom is -0.493 e. The average Bonchev–Trinajstić information content (AvgIpc) is 3.20. The molecular weight excluding hydrogens is 364 g/mol. The first-order valence-corrected chi connectivity index (χ1v) is 10.5. The van der Waals surface area contributed by atoms with Crippen molar-refractivity contribution in [3.05, 3.63) is 53.7 Å². The highest BCUT2D eigenvalue weighted by atomic mass is 16.5. The number of likely N-dealkylation sites (tertiary alicyclic amines) is 1. The Morgan fingerprint density at radius 3 is 2.52 bits per heavy atom. The van der Waals surface area contributed by atoms with E-state index in [1.165, 1.54) is 18.4 Å². The van der Waals surface area contributed by atoms with Gasteiger partial charge in [0.1, 0.15) is 0 Å². The lowest BCUT2D eigenvalue weighted by molar-refractivity contribution is 0.137. The second-order valence-electron chi connectivity index (χ2n) is 7.91. The predicted molar refractivity (Wildman–Crippen MR) is 115 cm³/mol. The number of methoxy groups -OCH3 is 2. The van der Waals surface area contributed by atoms with E-state index >= 15 is 0 Å². The first kappa shape index (κ1) is 19.8. The minimum atomic E-state index is 0.485. The summed E-state index contributed by atoms with van der Waals surface area (Å²) in [4.78, 5) is 2.61. The average molecular weight is 395 g/mol. The van der Waals surface area contributed by atoms with E-state index in [2.05, 4.69) is 47.3 Å². The van der Waals surface area contributed by atoms with Gasteiger partial charge >= 0.3 is 0 Å². The van der Waals surface area contributed by atoms with Gasteiger partial charge < -0.3 is 14.0 Å². The normalized spacial score (nSPS) is 16.8. The number of aromatic nitrogens is 1. The molecule has 154 valence electrons. The van der Waals surface area contributed by atoms with E-state index in [-0.39, 0.29) is 0 Å². The molecule has 0 radical (unpaired) electrons. The van der Waals surface area contributed by atoms with Crippen molar-refractivity contribution in [2.24, 2.45) is 5.92 Å². The van der Waals surface area contributed by atoms with Gasteiger partial charge in [-0.1, -0.05) is 35.5 Å². The molecule has 1 aliphatic rings. The summed E-state index contributed by atoms with van der Waals surface area (Å²) in [6.07, 6.45) is 4.55. The second-order valence-corrected chi connectivity index (χ2v) is 7.91. The van der Waals surface area contributed by atoms with Gasteiger partial charge in [0.05, 0.1) is 19.9 Å². The smallest absolute Gasteiger partial charge is 0.212 e. The lowest BCUT2D eigenvalue weighted by atomic mass is 9.90. The molecule has 5 heteroatoms. The number of ether oxygens (including phenoxy) is 2. The molecule has 1 aromatic heterocycles. The molecule has 0 saturated carbocycles. The molecule has 4 rings (SSSR count). The molecule has 5 nitrogen and oxygen atoms in total. The molecule has 1 atom stereocenters. The molecule has 2 heterocycles. The lowest BCUT2D eigenvalue weighted by Gasteiger charge is -2.36. The van der Waals surface area contributed by atoms with Gasteiger partial charge in [-0.25, -0.2) is 0 Å². The summed E-state index contributed by atoms with van der Waals surface area (Å²) < 4.78 is 16.4. The van der Waals surface area contributed by atoms with Crippen LogP contribution in [0.5, 0.6) is 11.5 Å². The predicted octanol–water partition coefficient (Wildman–Crippen LogP) is 5.25. The molecule has 1 fully saturated rings. The van der Waals surface area contributed by atoms with Crippen molar-refractivity contribution in [1.82, 2.24) is 10.1 Å². The summed E-state index contributed by atoms with van der Waals surface area (Å²) in [7, 11) is 3.26. The van der Waals surface area contributed by atoms with Gasteiger partial charge in [0, 0.05) is 11.4 Å². The van der Waals surface area contributed by atoms with Gasteiger partial charge in [-0.05, 0) is 69.3 Å². The van der Waals surface area contributed by atoms with Crippen LogP contribution >= 0.6 is 0 Å². The zero-order valence-corrected chi connectivity index (χ0v) is 17.6. The number of hydrogen-bond donors (Lipinski definition) is 0. The summed E-state index contributed by atoms with van der Waals surface area (Å²) in [5.41, 5.74) is 3.10. The highest BCUT2D eigenvalue weighted by Crippen LogP contribution is 2.37. The molecule has 0 spiro atoms. The topological polar surface area (TPSA) is 47.7 Å². The van der Waals surface area contributed by atoms with Crippen LogP contribution in [0.25, 0.3) is 11.0 Å². The zero-order chi connectivity index (χ0) is 20.2. The molecule has 1 aliphatic heterocycles. The third-order valence-electron chi connectivity index (χ3n) is 6.33. The first-order valence-electron chi connectivity index (χ1n) is 10.5. The fourth-order valence-corrected chi connectivity index (χ4v) is 4.46. The van der Waals surface area contributed by atoms with E-state index < -0.39 is 0 Å². The van der Waals surface area contributed by atoms with Crippen LogP contribution in [0.2, 0.25) is 0 Å². The van der Waals surface area contributed by atoms with E-state index in [0.29, 0.717) is 23.1 Å². The summed E-state index contributed by atoms with van der Waals surface area (Å²) in [5.74, 6) is 2.02. The van der Waals surface area contributed by atoms with Crippen molar-refractivity contribution in [2.45, 2.75) is 38.6 Å². The van der Waals surface area contributed by atoms with Crippen LogP contribution in [-0.4, -0.2) is 37.4 Å². The van der Waals surface area contributed by atoms with Crippen LogP contribution in [-0.2, 0) is 6.42 Å². The molecule has 1 unspecified atom stereocenters. The summed E-state index contributed by atoms with van der Waals surface area (Å²) in [6.45, 7) is 4.63. The summed E-state index contributed by atoms with van der Waals surface area (Å²) in [5, 5.41) is 5.35. The van der Waals surface area contributed by atoms with Crippen LogP contribution in [0.15, 0.2) is 47.0 Å². The molecule has 0 bridgehead atoms. The standard InChI is InChI=1S/C24H30N2O3/c1-17(19-7-5-4-6-8-19)26-15-13-18(14-16-26)9-11-21-20-10-12-22(27-2)24(28-3)23(20)29-25-21/h4-8,10,12,17-18H,9,11,13-16H2,1-3H3. The maximum Gasteiger partial charge on any atom is 0.212 e. The van der Waals surface area contributed by atoms with Gasteiger partial charge in [0.15, 0.2) is 5.75 Å². The molecule has 1 saturated heterocycles. The summed E-state index contributed by atoms with van der Waals surface area (Å²) >= 11 is 0. The Morgan fingerprint density at radius 1 is 1.07 bits per heavy atom. The zero-order valence-electron chi connectivity index (χ0n) is 17.6. The van der Waals surface area contributed by atoms with Crippen molar-refractivity contribution in [3.8, 4) is 11.5 Å². The number of fused-ring (bicyclic) bond motifs is 1. The molecule has 0 amide bonds. The molecule has 2 aromatic carbocycles. The minimum absolute atomic E-state index is 0.485. The molecule has 0 aliphatic carbocycles. The Balaban J connectivity index is 1.35. The third kappa shape index (κ3) is 4.10. The van der Waals surface area contributed by atoms with Crippen LogP contribution in [0.4, 0.5) is 0 Å². The van der Waals surface area contributed by atoms with E-state index in [1.54, 1.807) is 14.2 Å². The van der Waals surface area contributed by atoms with E-state index in [9.17, 15) is 0 Å². The number of hydrogen-bond acceptors (Lipinski definition) is 5. The second kappa shape index (κ2) is 8.87. The van der Waals surface area contributed by atoms with Crippen molar-refractivity contribution < 1.29 is 14.0 Å². The number of aryl methyl sites for hydroxylation is 1. The first-order chi connectivity index (χ1) is 14.2. The highest BCUT2D eigenvalue weighted by molar-refractivity contribution is 5.87. The Morgan fingerprint density at radius 2 is 1.83 bits per heavy atom. The molecule has 3 aromatic rings. The van der Waals surface area contributed by atoms with Gasteiger partial charge in [-0.3, -0.25) is 4.90 Å². The number of rotatable bonds is 7. The lowest BCUT2D eigenvalue weighted by Crippen LogP contribution is -2.35.